The molecule has 0 atom stereocenters. The molecule has 0 saturated carbocycles. The lowest BCUT2D eigenvalue weighted by Crippen LogP contribution is -2.25. The summed E-state index contributed by atoms with van der Waals surface area (Å²) in [5, 5.41) is 10.2. The highest BCUT2D eigenvalue weighted by atomic mass is 16.5. The lowest BCUT2D eigenvalue weighted by atomic mass is 9.88. The molecule has 0 aliphatic carbocycles. The number of nitrogens with zero attached hydrogens (tertiary/aromatic N) is 2. The first kappa shape index (κ1) is 27.3. The maximum Gasteiger partial charge on any atom is 0.119 e. The lowest BCUT2D eigenvalue weighted by molar-refractivity contribution is 0.237. The summed E-state index contributed by atoms with van der Waals surface area (Å²) in [6.45, 7) is 10.3. The first-order valence-corrected chi connectivity index (χ1v) is 14.6. The van der Waals surface area contributed by atoms with E-state index in [1.807, 2.05) is 12.1 Å². The Morgan fingerprint density at radius 3 is 1.59 bits per heavy atom. The zero-order valence-electron chi connectivity index (χ0n) is 23.3. The van der Waals surface area contributed by atoms with Crippen LogP contribution in [0.5, 0.6) is 17.2 Å². The first-order valence-electron chi connectivity index (χ1n) is 14.6. The van der Waals surface area contributed by atoms with E-state index in [0.717, 1.165) is 53.3 Å². The van der Waals surface area contributed by atoms with Crippen molar-refractivity contribution in [3.05, 3.63) is 89.5 Å². The molecule has 0 radical (unpaired) electrons. The van der Waals surface area contributed by atoms with Gasteiger partial charge in [-0.05, 0) is 123 Å². The molecule has 206 valence electrons. The molecule has 0 unspecified atom stereocenters. The van der Waals surface area contributed by atoms with Crippen molar-refractivity contribution in [3.8, 4) is 17.2 Å². The topological polar surface area (TPSA) is 45.2 Å². The van der Waals surface area contributed by atoms with Crippen LogP contribution in [0.4, 0.5) is 0 Å². The van der Waals surface area contributed by atoms with Crippen LogP contribution in [0.1, 0.15) is 55.7 Å². The minimum Gasteiger partial charge on any atom is -0.508 e. The first-order chi connectivity index (χ1) is 19.2. The highest BCUT2D eigenvalue weighted by Crippen LogP contribution is 2.36. The number of hydrogen-bond acceptors (Lipinski definition) is 5. The monoisotopic (exact) mass is 526 g/mol. The van der Waals surface area contributed by atoms with Crippen molar-refractivity contribution in [3.63, 3.8) is 0 Å². The van der Waals surface area contributed by atoms with Crippen molar-refractivity contribution in [2.24, 2.45) is 0 Å². The maximum absolute atomic E-state index is 10.2. The molecule has 0 aromatic heterocycles. The zero-order valence-corrected chi connectivity index (χ0v) is 23.3. The number of phenols is 1. The highest BCUT2D eigenvalue weighted by molar-refractivity contribution is 5.98. The van der Waals surface area contributed by atoms with Gasteiger partial charge in [-0.15, -0.1) is 0 Å². The van der Waals surface area contributed by atoms with Crippen LogP contribution in [0, 0.1) is 0 Å². The van der Waals surface area contributed by atoms with Gasteiger partial charge in [0, 0.05) is 13.1 Å². The molecule has 39 heavy (non-hydrogen) atoms. The molecule has 1 N–H and O–H groups in total. The predicted octanol–water partition coefficient (Wildman–Crippen LogP) is 6.71. The summed E-state index contributed by atoms with van der Waals surface area (Å²) in [6.07, 6.45) is 6.03. The van der Waals surface area contributed by atoms with E-state index in [9.17, 15) is 5.11 Å². The molecule has 0 spiro atoms. The van der Waals surface area contributed by atoms with Gasteiger partial charge in [0.2, 0.25) is 0 Å². The number of hydrogen-bond donors (Lipinski definition) is 1. The van der Waals surface area contributed by atoms with Gasteiger partial charge in [-0.1, -0.05) is 43.3 Å². The Kier molecular flexibility index (Phi) is 9.57. The molecule has 3 aromatic carbocycles. The molecular weight excluding hydrogens is 484 g/mol. The summed E-state index contributed by atoms with van der Waals surface area (Å²) in [7, 11) is 0. The molecule has 5 rings (SSSR count). The Bertz CT molecular complexity index is 1140. The van der Waals surface area contributed by atoms with Crippen LogP contribution < -0.4 is 9.47 Å². The molecule has 2 aliphatic heterocycles. The van der Waals surface area contributed by atoms with Crippen LogP contribution in [0.25, 0.3) is 11.1 Å². The van der Waals surface area contributed by atoms with E-state index in [2.05, 4.69) is 71.3 Å². The van der Waals surface area contributed by atoms with Crippen molar-refractivity contribution in [2.75, 3.05) is 52.5 Å². The van der Waals surface area contributed by atoms with Gasteiger partial charge in [0.05, 0.1) is 0 Å². The van der Waals surface area contributed by atoms with Crippen LogP contribution in [-0.2, 0) is 0 Å². The summed E-state index contributed by atoms with van der Waals surface area (Å²) in [5.74, 6) is 2.07. The SMILES string of the molecule is CCC(=C(c1ccc(OCCN2CCCC2)cc1)c1ccc(OCCN2CCCC2)cc1)c1cccc(O)c1. The van der Waals surface area contributed by atoms with Gasteiger partial charge >= 0.3 is 0 Å². The third-order valence-electron chi connectivity index (χ3n) is 7.89. The molecular formula is C34H42N2O3. The Morgan fingerprint density at radius 2 is 1.15 bits per heavy atom. The van der Waals surface area contributed by atoms with Crippen molar-refractivity contribution >= 4 is 11.1 Å². The van der Waals surface area contributed by atoms with Crippen LogP contribution in [0.3, 0.4) is 0 Å². The molecule has 2 saturated heterocycles. The molecule has 3 aromatic rings. The van der Waals surface area contributed by atoms with Gasteiger partial charge in [-0.25, -0.2) is 0 Å². The fourth-order valence-corrected chi connectivity index (χ4v) is 5.77. The van der Waals surface area contributed by atoms with Gasteiger partial charge in [0.15, 0.2) is 0 Å². The van der Waals surface area contributed by atoms with Gasteiger partial charge in [0.1, 0.15) is 30.5 Å². The molecule has 2 heterocycles. The normalized spacial score (nSPS) is 15.9. The smallest absolute Gasteiger partial charge is 0.119 e. The average Bonchev–Trinajstić information content (AvgIpc) is 3.68. The third-order valence-corrected chi connectivity index (χ3v) is 7.89. The maximum atomic E-state index is 10.2. The van der Waals surface area contributed by atoms with Crippen LogP contribution in [0.15, 0.2) is 72.8 Å². The van der Waals surface area contributed by atoms with Gasteiger partial charge in [-0.3, -0.25) is 9.80 Å². The van der Waals surface area contributed by atoms with Gasteiger partial charge in [-0.2, -0.15) is 0 Å². The molecule has 0 amide bonds. The van der Waals surface area contributed by atoms with Crippen molar-refractivity contribution < 1.29 is 14.6 Å². The van der Waals surface area contributed by atoms with Crippen LogP contribution in [-0.4, -0.2) is 67.4 Å². The van der Waals surface area contributed by atoms with E-state index in [-0.39, 0.29) is 5.75 Å². The minimum atomic E-state index is 0.279. The zero-order chi connectivity index (χ0) is 26.9. The summed E-state index contributed by atoms with van der Waals surface area (Å²) in [4.78, 5) is 4.94. The summed E-state index contributed by atoms with van der Waals surface area (Å²) >= 11 is 0. The van der Waals surface area contributed by atoms with E-state index in [1.165, 1.54) is 57.4 Å². The molecule has 2 aliphatic rings. The number of allylic oxidation sites excluding steroid dienone is 1. The molecule has 0 bridgehead atoms. The highest BCUT2D eigenvalue weighted by Gasteiger charge is 2.15. The Labute approximate surface area is 233 Å². The second-order valence-corrected chi connectivity index (χ2v) is 10.6. The van der Waals surface area contributed by atoms with E-state index in [4.69, 9.17) is 9.47 Å². The number of ether oxygens (including phenoxy) is 2. The standard InChI is InChI=1S/C34H42N2O3/c1-2-33(29-8-7-9-30(37)26-29)34(27-10-14-31(15-11-27)38-24-22-35-18-3-4-19-35)28-12-16-32(17-13-28)39-25-23-36-20-5-6-21-36/h7-17,26,37H,2-6,18-25H2,1H3. The van der Waals surface area contributed by atoms with E-state index < -0.39 is 0 Å². The fraction of sp³-hybridized carbons (Fsp3) is 0.412. The van der Waals surface area contributed by atoms with Crippen LogP contribution in [0.2, 0.25) is 0 Å². The molecule has 5 nitrogen and oxygen atoms in total. The van der Waals surface area contributed by atoms with Gasteiger partial charge in [0.25, 0.3) is 0 Å². The van der Waals surface area contributed by atoms with Crippen molar-refractivity contribution in [1.82, 2.24) is 9.80 Å². The minimum absolute atomic E-state index is 0.279. The Hall–Kier alpha value is -3.28. The average molecular weight is 527 g/mol. The Morgan fingerprint density at radius 1 is 0.667 bits per heavy atom. The summed E-state index contributed by atoms with van der Waals surface area (Å²) < 4.78 is 12.1. The number of rotatable bonds is 12. The second kappa shape index (κ2) is 13.7. The third kappa shape index (κ3) is 7.43. The molecule has 2 fully saturated rings. The largest absolute Gasteiger partial charge is 0.508 e. The predicted molar refractivity (Wildman–Crippen MR) is 160 cm³/mol. The fourth-order valence-electron chi connectivity index (χ4n) is 5.77. The van der Waals surface area contributed by atoms with Crippen molar-refractivity contribution in [1.29, 1.82) is 0 Å². The summed E-state index contributed by atoms with van der Waals surface area (Å²) in [6, 6.07) is 24.5. The number of likely N-dealkylation sites (tertiary alicyclic amines) is 2. The second-order valence-electron chi connectivity index (χ2n) is 10.6. The quantitative estimate of drug-likeness (QED) is 0.266. The Balaban J connectivity index is 1.36. The number of aromatic hydroxyl groups is 1. The number of phenolic OH excluding ortho intramolecular Hbond substituents is 1. The molecule has 5 heteroatoms. The van der Waals surface area contributed by atoms with Crippen LogP contribution >= 0.6 is 0 Å². The van der Waals surface area contributed by atoms with E-state index >= 15 is 0 Å². The lowest BCUT2D eigenvalue weighted by Gasteiger charge is -2.18. The van der Waals surface area contributed by atoms with E-state index in [1.54, 1.807) is 6.07 Å². The van der Waals surface area contributed by atoms with Gasteiger partial charge < -0.3 is 14.6 Å². The number of benzene rings is 3. The summed E-state index contributed by atoms with van der Waals surface area (Å²) in [5.41, 5.74) is 5.64. The van der Waals surface area contributed by atoms with E-state index in [0.29, 0.717) is 13.2 Å². The van der Waals surface area contributed by atoms with Crippen molar-refractivity contribution in [2.45, 2.75) is 39.0 Å².